The van der Waals surface area contributed by atoms with E-state index >= 15 is 8.78 Å². The number of hydrogen-bond donors (Lipinski definition) is 0. The van der Waals surface area contributed by atoms with Gasteiger partial charge >= 0.3 is 0 Å². The topological polar surface area (TPSA) is 43.5 Å². The molecule has 0 spiro atoms. The molecular weight excluding hydrogens is 841 g/mol. The van der Waals surface area contributed by atoms with Gasteiger partial charge in [0.1, 0.15) is 11.6 Å². The number of benzene rings is 9. The average Bonchev–Trinajstić information content (AvgIpc) is 4.11. The molecule has 13 aromatic rings. The number of aryl methyl sites for hydroxylation is 1. The molecule has 1 aliphatic rings. The van der Waals surface area contributed by atoms with Crippen LogP contribution in [0.15, 0.2) is 194 Å². The Kier molecular flexibility index (Phi) is 8.17. The minimum Gasteiger partial charge on any atom is -0.310 e. The lowest BCUT2D eigenvalue weighted by Crippen LogP contribution is -2.07. The molecule has 320 valence electrons. The van der Waals surface area contributed by atoms with Crippen molar-refractivity contribution in [2.75, 3.05) is 0 Å². The van der Waals surface area contributed by atoms with Crippen LogP contribution in [-0.2, 0) is 6.42 Å². The van der Waals surface area contributed by atoms with Gasteiger partial charge in [-0.3, -0.25) is 0 Å². The first-order chi connectivity index (χ1) is 33.6. The highest BCUT2D eigenvalue weighted by atomic mass is 19.1. The van der Waals surface area contributed by atoms with Crippen LogP contribution in [0, 0.1) is 23.0 Å². The fourth-order valence-electron chi connectivity index (χ4n) is 11.4. The van der Waals surface area contributed by atoms with Gasteiger partial charge < -0.3 is 18.3 Å². The van der Waals surface area contributed by atoms with E-state index in [-0.39, 0.29) is 5.56 Å². The molecule has 0 aliphatic heterocycles. The maximum atomic E-state index is 16.8. The van der Waals surface area contributed by atoms with Crippen molar-refractivity contribution in [1.82, 2.24) is 18.3 Å². The van der Waals surface area contributed by atoms with Gasteiger partial charge in [-0.2, -0.15) is 5.26 Å². The fourth-order valence-corrected chi connectivity index (χ4v) is 11.4. The van der Waals surface area contributed by atoms with Crippen LogP contribution < -0.4 is 0 Å². The number of fused-ring (bicyclic) bond motifs is 12. The molecule has 0 unspecified atom stereocenters. The second kappa shape index (κ2) is 14.5. The van der Waals surface area contributed by atoms with Gasteiger partial charge in [0.2, 0.25) is 0 Å². The normalized spacial score (nSPS) is 12.7. The zero-order chi connectivity index (χ0) is 45.2. The van der Waals surface area contributed by atoms with Crippen molar-refractivity contribution in [3.8, 4) is 39.9 Å². The van der Waals surface area contributed by atoms with Crippen LogP contribution in [0.4, 0.5) is 8.78 Å². The Hall–Kier alpha value is -8.99. The standard InChI is InChI=1S/C61H37F2N5/c62-48-20-13-21-49(63)60(48)61-58(67-54-26-11-5-18-44(54)46-34-38(28-30-56(46)67)65-50-22-7-1-14-40(50)41-15-2-8-23-51(41)65)32-37(36-64)33-59(61)68-55-27-12-6-19-45(55)47-35-39(29-31-57(47)68)66-52-24-9-3-16-42(52)43-17-4-10-25-53(43)66/h1-3,5-16,18-35H,4,17H2. The third-order valence-electron chi connectivity index (χ3n) is 14.2. The molecule has 0 amide bonds. The molecule has 14 rings (SSSR count). The molecule has 9 aromatic carbocycles. The molecule has 4 heterocycles. The van der Waals surface area contributed by atoms with Crippen LogP contribution in [0.5, 0.6) is 0 Å². The van der Waals surface area contributed by atoms with E-state index in [4.69, 9.17) is 0 Å². The van der Waals surface area contributed by atoms with Crippen molar-refractivity contribution in [2.24, 2.45) is 0 Å². The first-order valence-electron chi connectivity index (χ1n) is 22.9. The molecule has 0 saturated carbocycles. The van der Waals surface area contributed by atoms with Gasteiger partial charge in [-0.15, -0.1) is 0 Å². The number of halogens is 2. The van der Waals surface area contributed by atoms with Gasteiger partial charge in [0, 0.05) is 60.3 Å². The Bertz CT molecular complexity index is 4300. The smallest absolute Gasteiger partial charge is 0.134 e. The first-order valence-corrected chi connectivity index (χ1v) is 22.9. The second-order valence-corrected chi connectivity index (χ2v) is 17.7. The number of nitriles is 1. The number of para-hydroxylation sites is 5. The highest BCUT2D eigenvalue weighted by molar-refractivity contribution is 6.14. The summed E-state index contributed by atoms with van der Waals surface area (Å²) in [5.41, 5.74) is 12.7. The lowest BCUT2D eigenvalue weighted by Gasteiger charge is -2.21. The van der Waals surface area contributed by atoms with Crippen LogP contribution in [0.25, 0.3) is 116 Å². The Morgan fingerprint density at radius 3 is 1.34 bits per heavy atom. The zero-order valence-corrected chi connectivity index (χ0v) is 36.5. The maximum Gasteiger partial charge on any atom is 0.134 e. The number of aromatic nitrogens is 4. The van der Waals surface area contributed by atoms with Gasteiger partial charge in [0.25, 0.3) is 0 Å². The minimum atomic E-state index is -0.702. The van der Waals surface area contributed by atoms with Crippen LogP contribution >= 0.6 is 0 Å². The Labute approximate surface area is 388 Å². The SMILES string of the molecule is N#Cc1cc(-n2c3ccccc3c3cc(-n4c5c(c6ccccc64)CCC=C5)ccc32)c(-c2c(F)cccc2F)c(-n2c3ccccc3c3cc(-n4c5ccccc5c5ccccc54)ccc32)c1. The molecule has 5 nitrogen and oxygen atoms in total. The van der Waals surface area contributed by atoms with Crippen LogP contribution in [-0.4, -0.2) is 18.3 Å². The number of hydrogen-bond acceptors (Lipinski definition) is 1. The van der Waals surface area contributed by atoms with Gasteiger partial charge in [-0.05, 0) is 115 Å². The lowest BCUT2D eigenvalue weighted by molar-refractivity contribution is 0.589. The monoisotopic (exact) mass is 877 g/mol. The summed E-state index contributed by atoms with van der Waals surface area (Å²) in [6.45, 7) is 0. The van der Waals surface area contributed by atoms with Crippen molar-refractivity contribution in [2.45, 2.75) is 12.8 Å². The fraction of sp³-hybridized carbons (Fsp3) is 0.0328. The molecule has 0 fully saturated rings. The van der Waals surface area contributed by atoms with Crippen LogP contribution in [0.1, 0.15) is 23.2 Å². The van der Waals surface area contributed by atoms with Crippen molar-refractivity contribution in [3.63, 3.8) is 0 Å². The minimum absolute atomic E-state index is 0.172. The van der Waals surface area contributed by atoms with Crippen molar-refractivity contribution < 1.29 is 8.78 Å². The van der Waals surface area contributed by atoms with Gasteiger partial charge in [-0.25, -0.2) is 8.78 Å². The van der Waals surface area contributed by atoms with Gasteiger partial charge in [-0.1, -0.05) is 103 Å². The summed E-state index contributed by atoms with van der Waals surface area (Å²) in [6, 6.07) is 64.6. The molecule has 0 bridgehead atoms. The average molecular weight is 878 g/mol. The molecular formula is C61H37F2N5. The predicted molar refractivity (Wildman–Crippen MR) is 274 cm³/mol. The van der Waals surface area contributed by atoms with E-state index in [1.807, 2.05) is 36.4 Å². The lowest BCUT2D eigenvalue weighted by atomic mass is 9.97. The molecule has 0 atom stereocenters. The third-order valence-corrected chi connectivity index (χ3v) is 14.2. The van der Waals surface area contributed by atoms with E-state index in [9.17, 15) is 5.26 Å². The van der Waals surface area contributed by atoms with Crippen molar-refractivity contribution in [1.29, 1.82) is 5.26 Å². The Morgan fingerprint density at radius 2 is 0.824 bits per heavy atom. The number of allylic oxidation sites excluding steroid dienone is 1. The summed E-state index contributed by atoms with van der Waals surface area (Å²) in [5, 5.41) is 18.4. The van der Waals surface area contributed by atoms with Crippen LogP contribution in [0.3, 0.4) is 0 Å². The largest absolute Gasteiger partial charge is 0.310 e. The van der Waals surface area contributed by atoms with Crippen LogP contribution in [0.2, 0.25) is 0 Å². The Balaban J connectivity index is 1.07. The summed E-state index contributed by atoms with van der Waals surface area (Å²) < 4.78 is 42.4. The maximum absolute atomic E-state index is 16.8. The molecule has 1 aliphatic carbocycles. The third kappa shape index (κ3) is 5.34. The van der Waals surface area contributed by atoms with Gasteiger partial charge in [0.15, 0.2) is 0 Å². The van der Waals surface area contributed by atoms with E-state index in [1.165, 1.54) is 45.6 Å². The van der Waals surface area contributed by atoms with E-state index in [0.29, 0.717) is 22.5 Å². The first kappa shape index (κ1) is 38.3. The molecule has 0 radical (unpaired) electrons. The summed E-state index contributed by atoms with van der Waals surface area (Å²) >= 11 is 0. The highest BCUT2D eigenvalue weighted by Gasteiger charge is 2.28. The Morgan fingerprint density at radius 1 is 0.397 bits per heavy atom. The van der Waals surface area contributed by atoms with Gasteiger partial charge in [0.05, 0.1) is 67.2 Å². The predicted octanol–water partition coefficient (Wildman–Crippen LogP) is 15.7. The van der Waals surface area contributed by atoms with E-state index in [0.717, 1.165) is 84.4 Å². The summed E-state index contributed by atoms with van der Waals surface area (Å²) in [6.07, 6.45) is 6.45. The van der Waals surface area contributed by atoms with Crippen molar-refractivity contribution >= 4 is 82.4 Å². The quantitative estimate of drug-likeness (QED) is 0.170. The summed E-state index contributed by atoms with van der Waals surface area (Å²) in [5.74, 6) is -1.40. The zero-order valence-electron chi connectivity index (χ0n) is 36.5. The summed E-state index contributed by atoms with van der Waals surface area (Å²) in [7, 11) is 0. The highest BCUT2D eigenvalue weighted by Crippen LogP contribution is 2.46. The molecule has 0 N–H and O–H groups in total. The number of nitrogens with zero attached hydrogens (tertiary/aromatic N) is 5. The van der Waals surface area contributed by atoms with E-state index < -0.39 is 11.6 Å². The molecule has 7 heteroatoms. The molecule has 68 heavy (non-hydrogen) atoms. The molecule has 0 saturated heterocycles. The summed E-state index contributed by atoms with van der Waals surface area (Å²) in [4.78, 5) is 0. The second-order valence-electron chi connectivity index (χ2n) is 17.7. The number of rotatable bonds is 5. The van der Waals surface area contributed by atoms with E-state index in [1.54, 1.807) is 12.1 Å². The molecule has 4 aromatic heterocycles. The van der Waals surface area contributed by atoms with E-state index in [2.05, 4.69) is 158 Å². The van der Waals surface area contributed by atoms with Crippen molar-refractivity contribution in [3.05, 3.63) is 223 Å².